The fraction of sp³-hybridized carbons (Fsp3) is 0.579. The van der Waals surface area contributed by atoms with Crippen molar-refractivity contribution in [2.45, 2.75) is 32.4 Å². The van der Waals surface area contributed by atoms with E-state index < -0.39 is 0 Å². The summed E-state index contributed by atoms with van der Waals surface area (Å²) in [5.41, 5.74) is 1.12. The summed E-state index contributed by atoms with van der Waals surface area (Å²) >= 11 is 0. The molecule has 1 unspecified atom stereocenters. The van der Waals surface area contributed by atoms with Gasteiger partial charge in [0.1, 0.15) is 0 Å². The second kappa shape index (κ2) is 9.42. The minimum atomic E-state index is 0.00698. The van der Waals surface area contributed by atoms with Crippen molar-refractivity contribution in [1.29, 1.82) is 0 Å². The third-order valence-electron chi connectivity index (χ3n) is 4.80. The molecule has 0 bridgehead atoms. The van der Waals surface area contributed by atoms with Gasteiger partial charge in [0.2, 0.25) is 5.91 Å². The van der Waals surface area contributed by atoms with E-state index >= 15 is 0 Å². The summed E-state index contributed by atoms with van der Waals surface area (Å²) in [6, 6.07) is 10.3. The van der Waals surface area contributed by atoms with Crippen LogP contribution in [-0.4, -0.2) is 61.5 Å². The summed E-state index contributed by atoms with van der Waals surface area (Å²) in [4.78, 5) is 28.4. The van der Waals surface area contributed by atoms with Crippen LogP contribution < -0.4 is 10.6 Å². The van der Waals surface area contributed by atoms with Gasteiger partial charge in [-0.25, -0.2) is 4.79 Å². The zero-order valence-electron chi connectivity index (χ0n) is 15.5. The number of piperidine rings is 1. The first kappa shape index (κ1) is 19.2. The van der Waals surface area contributed by atoms with Crippen LogP contribution in [0.2, 0.25) is 0 Å². The van der Waals surface area contributed by atoms with Gasteiger partial charge in [-0.3, -0.25) is 4.79 Å². The molecule has 0 spiro atoms. The van der Waals surface area contributed by atoms with Gasteiger partial charge in [0, 0.05) is 45.2 Å². The average molecular weight is 346 g/mol. The van der Waals surface area contributed by atoms with E-state index in [1.54, 1.807) is 4.90 Å². The Labute approximate surface area is 150 Å². The Morgan fingerprint density at radius 3 is 2.48 bits per heavy atom. The number of carbonyl (C=O) groups excluding carboxylic acids is 2. The highest BCUT2D eigenvalue weighted by atomic mass is 16.2. The van der Waals surface area contributed by atoms with Crippen molar-refractivity contribution in [2.75, 3.05) is 33.7 Å². The average Bonchev–Trinajstić information content (AvgIpc) is 2.66. The Balaban J connectivity index is 1.77. The summed E-state index contributed by atoms with van der Waals surface area (Å²) in [6.07, 6.45) is 1.45. The number of carbonyl (C=O) groups is 2. The maximum Gasteiger partial charge on any atom is 0.320 e. The Hall–Kier alpha value is -2.08. The topological polar surface area (TPSA) is 64.7 Å². The second-order valence-corrected chi connectivity index (χ2v) is 6.82. The normalized spacial score (nSPS) is 16.4. The molecular formula is C19H30N4O2. The van der Waals surface area contributed by atoms with Crippen LogP contribution in [0.4, 0.5) is 4.79 Å². The third-order valence-corrected chi connectivity index (χ3v) is 4.80. The predicted octanol–water partition coefficient (Wildman–Crippen LogP) is 1.67. The molecule has 1 saturated heterocycles. The first-order chi connectivity index (χ1) is 12.0. The molecule has 0 aliphatic carbocycles. The molecule has 6 heteroatoms. The number of hydrogen-bond donors (Lipinski definition) is 2. The van der Waals surface area contributed by atoms with Crippen molar-refractivity contribution >= 4 is 11.9 Å². The molecule has 0 aromatic heterocycles. The molecule has 6 nitrogen and oxygen atoms in total. The number of nitrogens with one attached hydrogen (secondary N) is 2. The monoisotopic (exact) mass is 346 g/mol. The van der Waals surface area contributed by atoms with Gasteiger partial charge in [0.25, 0.3) is 0 Å². The van der Waals surface area contributed by atoms with Gasteiger partial charge in [-0.15, -0.1) is 0 Å². The molecule has 1 fully saturated rings. The standard InChI is InChI=1S/C19H30N4O2/c1-15(20-2)13-21-18(24)17-9-11-23(12-10-17)19(25)22(3)14-16-7-5-4-6-8-16/h4-8,15,17,20H,9-14H2,1-3H3,(H,21,24). The Morgan fingerprint density at radius 1 is 1.24 bits per heavy atom. The van der Waals surface area contributed by atoms with Gasteiger partial charge in [-0.2, -0.15) is 0 Å². The smallest absolute Gasteiger partial charge is 0.320 e. The summed E-state index contributed by atoms with van der Waals surface area (Å²) in [7, 11) is 3.71. The van der Waals surface area contributed by atoms with Crippen molar-refractivity contribution in [1.82, 2.24) is 20.4 Å². The van der Waals surface area contributed by atoms with Crippen molar-refractivity contribution in [3.05, 3.63) is 35.9 Å². The van der Waals surface area contributed by atoms with Crippen LogP contribution in [0, 0.1) is 5.92 Å². The lowest BCUT2D eigenvalue weighted by molar-refractivity contribution is -0.126. The van der Waals surface area contributed by atoms with E-state index in [2.05, 4.69) is 10.6 Å². The maximum absolute atomic E-state index is 12.6. The fourth-order valence-electron chi connectivity index (χ4n) is 3.00. The Bertz CT molecular complexity index is 556. The van der Waals surface area contributed by atoms with E-state index in [9.17, 15) is 9.59 Å². The number of urea groups is 1. The van der Waals surface area contributed by atoms with E-state index in [0.717, 1.165) is 18.4 Å². The number of rotatable bonds is 6. The van der Waals surface area contributed by atoms with Crippen LogP contribution in [0.25, 0.3) is 0 Å². The lowest BCUT2D eigenvalue weighted by Crippen LogP contribution is -2.48. The van der Waals surface area contributed by atoms with Crippen LogP contribution in [0.3, 0.4) is 0 Å². The molecule has 1 aliphatic heterocycles. The SMILES string of the molecule is CNC(C)CNC(=O)C1CCN(C(=O)N(C)Cc2ccccc2)CC1. The van der Waals surface area contributed by atoms with Crippen LogP contribution >= 0.6 is 0 Å². The predicted molar refractivity (Wildman–Crippen MR) is 99.1 cm³/mol. The molecule has 1 atom stereocenters. The van der Waals surface area contributed by atoms with Crippen molar-refractivity contribution in [3.63, 3.8) is 0 Å². The minimum absolute atomic E-state index is 0.00698. The van der Waals surface area contributed by atoms with Crippen LogP contribution in [0.15, 0.2) is 30.3 Å². The molecule has 25 heavy (non-hydrogen) atoms. The number of likely N-dealkylation sites (N-methyl/N-ethyl adjacent to an activating group) is 1. The van der Waals surface area contributed by atoms with Crippen molar-refractivity contribution < 1.29 is 9.59 Å². The number of benzene rings is 1. The van der Waals surface area contributed by atoms with Crippen LogP contribution in [0.1, 0.15) is 25.3 Å². The van der Waals surface area contributed by atoms with E-state index in [4.69, 9.17) is 0 Å². The highest BCUT2D eigenvalue weighted by molar-refractivity contribution is 5.79. The summed E-state index contributed by atoms with van der Waals surface area (Å²) in [5, 5.41) is 6.09. The van der Waals surface area contributed by atoms with E-state index in [1.807, 2.05) is 56.3 Å². The summed E-state index contributed by atoms with van der Waals surface area (Å²) in [5.74, 6) is 0.111. The van der Waals surface area contributed by atoms with Gasteiger partial charge in [0.15, 0.2) is 0 Å². The first-order valence-electron chi connectivity index (χ1n) is 9.00. The fourth-order valence-corrected chi connectivity index (χ4v) is 3.00. The molecule has 3 amide bonds. The lowest BCUT2D eigenvalue weighted by Gasteiger charge is -2.34. The Kier molecular flexibility index (Phi) is 7.25. The van der Waals surface area contributed by atoms with E-state index in [-0.39, 0.29) is 23.9 Å². The summed E-state index contributed by atoms with van der Waals surface area (Å²) in [6.45, 7) is 4.54. The zero-order valence-corrected chi connectivity index (χ0v) is 15.5. The van der Waals surface area contributed by atoms with Crippen LogP contribution in [0.5, 0.6) is 0 Å². The Morgan fingerprint density at radius 2 is 1.88 bits per heavy atom. The lowest BCUT2D eigenvalue weighted by atomic mass is 9.96. The molecule has 1 heterocycles. The largest absolute Gasteiger partial charge is 0.354 e. The van der Waals surface area contributed by atoms with Gasteiger partial charge < -0.3 is 20.4 Å². The quantitative estimate of drug-likeness (QED) is 0.824. The summed E-state index contributed by atoms with van der Waals surface area (Å²) < 4.78 is 0. The van der Waals surface area contributed by atoms with Crippen LogP contribution in [-0.2, 0) is 11.3 Å². The molecule has 1 aromatic carbocycles. The molecule has 138 valence electrons. The van der Waals surface area contributed by atoms with Gasteiger partial charge >= 0.3 is 6.03 Å². The molecule has 2 N–H and O–H groups in total. The number of likely N-dealkylation sites (tertiary alicyclic amines) is 1. The van der Waals surface area contributed by atoms with Crippen molar-refractivity contribution in [3.8, 4) is 0 Å². The molecule has 0 saturated carbocycles. The van der Waals surface area contributed by atoms with Crippen molar-refractivity contribution in [2.24, 2.45) is 5.92 Å². The second-order valence-electron chi connectivity index (χ2n) is 6.82. The maximum atomic E-state index is 12.6. The molecule has 2 rings (SSSR count). The van der Waals surface area contributed by atoms with Gasteiger partial charge in [-0.05, 0) is 32.4 Å². The number of nitrogens with zero attached hydrogens (tertiary/aromatic N) is 2. The van der Waals surface area contributed by atoms with Gasteiger partial charge in [-0.1, -0.05) is 30.3 Å². The highest BCUT2D eigenvalue weighted by Gasteiger charge is 2.28. The minimum Gasteiger partial charge on any atom is -0.354 e. The molecule has 1 aromatic rings. The molecular weight excluding hydrogens is 316 g/mol. The zero-order chi connectivity index (χ0) is 18.2. The number of hydrogen-bond acceptors (Lipinski definition) is 3. The third kappa shape index (κ3) is 5.74. The molecule has 1 aliphatic rings. The highest BCUT2D eigenvalue weighted by Crippen LogP contribution is 2.19. The van der Waals surface area contributed by atoms with E-state index in [1.165, 1.54) is 0 Å². The first-order valence-corrected chi connectivity index (χ1v) is 9.00. The van der Waals surface area contributed by atoms with Gasteiger partial charge in [0.05, 0.1) is 0 Å². The molecule has 0 radical (unpaired) electrons. The van der Waals surface area contributed by atoms with E-state index in [0.29, 0.717) is 26.2 Å². The number of amides is 3.